The number of sulfonamides is 1. The van der Waals surface area contributed by atoms with Gasteiger partial charge in [-0.05, 0) is 46.5 Å². The van der Waals surface area contributed by atoms with Crippen LogP contribution < -0.4 is 10.0 Å². The molecule has 0 atom stereocenters. The van der Waals surface area contributed by atoms with Gasteiger partial charge in [0, 0.05) is 12.2 Å². The molecule has 0 fully saturated rings. The lowest BCUT2D eigenvalue weighted by atomic mass is 10.0. The number of anilines is 1. The van der Waals surface area contributed by atoms with Crippen LogP contribution in [0.5, 0.6) is 0 Å². The van der Waals surface area contributed by atoms with Crippen LogP contribution in [0.4, 0.5) is 5.69 Å². The van der Waals surface area contributed by atoms with Crippen molar-refractivity contribution < 1.29 is 13.2 Å². The SMILES string of the molecule is CC(C)CNS(=O)(=O)c1ccc(NC(=O)Cc2cccc3ccccc23)cc1. The molecule has 5 nitrogen and oxygen atoms in total. The number of amides is 1. The molecule has 0 heterocycles. The highest BCUT2D eigenvalue weighted by molar-refractivity contribution is 7.89. The Hall–Kier alpha value is -2.70. The van der Waals surface area contributed by atoms with Gasteiger partial charge in [-0.25, -0.2) is 13.1 Å². The van der Waals surface area contributed by atoms with Crippen LogP contribution in [-0.2, 0) is 21.2 Å². The van der Waals surface area contributed by atoms with Crippen molar-refractivity contribution >= 4 is 32.4 Å². The van der Waals surface area contributed by atoms with E-state index in [1.54, 1.807) is 12.1 Å². The highest BCUT2D eigenvalue weighted by Gasteiger charge is 2.14. The van der Waals surface area contributed by atoms with Crippen molar-refractivity contribution in [1.82, 2.24) is 4.72 Å². The second kappa shape index (κ2) is 8.54. The van der Waals surface area contributed by atoms with Crippen molar-refractivity contribution in [2.45, 2.75) is 25.2 Å². The molecular formula is C22H24N2O3S. The van der Waals surface area contributed by atoms with Crippen LogP contribution in [0.2, 0.25) is 0 Å². The number of nitrogens with one attached hydrogen (secondary N) is 2. The van der Waals surface area contributed by atoms with Crippen molar-refractivity contribution in [3.8, 4) is 0 Å². The molecule has 6 heteroatoms. The lowest BCUT2D eigenvalue weighted by Crippen LogP contribution is -2.27. The predicted octanol–water partition coefficient (Wildman–Crippen LogP) is 3.96. The number of benzene rings is 3. The third kappa shape index (κ3) is 4.97. The molecule has 1 amide bonds. The number of hydrogen-bond donors (Lipinski definition) is 2. The minimum Gasteiger partial charge on any atom is -0.326 e. The van der Waals surface area contributed by atoms with E-state index in [1.165, 1.54) is 12.1 Å². The minimum atomic E-state index is -3.54. The van der Waals surface area contributed by atoms with Crippen LogP contribution in [0, 0.1) is 5.92 Å². The van der Waals surface area contributed by atoms with Gasteiger partial charge in [-0.3, -0.25) is 4.79 Å². The first-order valence-electron chi connectivity index (χ1n) is 9.21. The van der Waals surface area contributed by atoms with E-state index in [9.17, 15) is 13.2 Å². The lowest BCUT2D eigenvalue weighted by Gasteiger charge is -2.10. The largest absolute Gasteiger partial charge is 0.326 e. The highest BCUT2D eigenvalue weighted by atomic mass is 32.2. The van der Waals surface area contributed by atoms with E-state index in [0.29, 0.717) is 12.2 Å². The van der Waals surface area contributed by atoms with Crippen molar-refractivity contribution in [2.24, 2.45) is 5.92 Å². The molecule has 0 aliphatic heterocycles. The molecule has 0 bridgehead atoms. The van der Waals surface area contributed by atoms with Gasteiger partial charge in [-0.2, -0.15) is 0 Å². The summed E-state index contributed by atoms with van der Waals surface area (Å²) >= 11 is 0. The van der Waals surface area contributed by atoms with E-state index in [0.717, 1.165) is 16.3 Å². The molecule has 3 aromatic carbocycles. The quantitative estimate of drug-likeness (QED) is 0.635. The van der Waals surface area contributed by atoms with Crippen LogP contribution in [0.1, 0.15) is 19.4 Å². The number of carbonyl (C=O) groups is 1. The molecule has 146 valence electrons. The Balaban J connectivity index is 1.68. The van der Waals surface area contributed by atoms with E-state index in [4.69, 9.17) is 0 Å². The number of carbonyl (C=O) groups excluding carboxylic acids is 1. The molecule has 3 aromatic rings. The summed E-state index contributed by atoms with van der Waals surface area (Å²) in [4.78, 5) is 12.6. The monoisotopic (exact) mass is 396 g/mol. The fourth-order valence-electron chi connectivity index (χ4n) is 2.90. The first kappa shape index (κ1) is 20.0. The summed E-state index contributed by atoms with van der Waals surface area (Å²) in [6, 6.07) is 20.0. The van der Waals surface area contributed by atoms with Crippen LogP contribution in [0.3, 0.4) is 0 Å². The Bertz CT molecular complexity index is 1070. The summed E-state index contributed by atoms with van der Waals surface area (Å²) < 4.78 is 27.0. The van der Waals surface area contributed by atoms with Crippen LogP contribution >= 0.6 is 0 Å². The van der Waals surface area contributed by atoms with Gasteiger partial charge in [0.2, 0.25) is 15.9 Å². The topological polar surface area (TPSA) is 75.3 Å². The van der Waals surface area contributed by atoms with Gasteiger partial charge in [0.15, 0.2) is 0 Å². The number of hydrogen-bond acceptors (Lipinski definition) is 3. The van der Waals surface area contributed by atoms with Crippen LogP contribution in [0.15, 0.2) is 71.6 Å². The van der Waals surface area contributed by atoms with Gasteiger partial charge in [-0.1, -0.05) is 56.3 Å². The average molecular weight is 397 g/mol. The summed E-state index contributed by atoms with van der Waals surface area (Å²) in [7, 11) is -3.54. The molecule has 0 aromatic heterocycles. The standard InChI is InChI=1S/C22H24N2O3S/c1-16(2)15-23-28(26,27)20-12-10-19(11-13-20)24-22(25)14-18-8-5-7-17-6-3-4-9-21(17)18/h3-13,16,23H,14-15H2,1-2H3,(H,24,25). The zero-order valence-corrected chi connectivity index (χ0v) is 16.8. The lowest BCUT2D eigenvalue weighted by molar-refractivity contribution is -0.115. The Morgan fingerprint density at radius 3 is 2.32 bits per heavy atom. The van der Waals surface area contributed by atoms with Crippen molar-refractivity contribution in [3.05, 3.63) is 72.3 Å². The van der Waals surface area contributed by atoms with Gasteiger partial charge >= 0.3 is 0 Å². The molecular weight excluding hydrogens is 372 g/mol. The van der Waals surface area contributed by atoms with E-state index >= 15 is 0 Å². The molecule has 0 radical (unpaired) electrons. The van der Waals surface area contributed by atoms with Gasteiger partial charge in [0.05, 0.1) is 11.3 Å². The van der Waals surface area contributed by atoms with Crippen LogP contribution in [-0.4, -0.2) is 20.9 Å². The molecule has 28 heavy (non-hydrogen) atoms. The minimum absolute atomic E-state index is 0.148. The Labute approximate surface area is 165 Å². The van der Waals surface area contributed by atoms with Crippen LogP contribution in [0.25, 0.3) is 10.8 Å². The molecule has 0 aliphatic rings. The smallest absolute Gasteiger partial charge is 0.240 e. The van der Waals surface area contributed by atoms with Crippen molar-refractivity contribution in [3.63, 3.8) is 0 Å². The Morgan fingerprint density at radius 2 is 1.61 bits per heavy atom. The van der Waals surface area contributed by atoms with Gasteiger partial charge in [-0.15, -0.1) is 0 Å². The number of fused-ring (bicyclic) bond motifs is 1. The zero-order chi connectivity index (χ0) is 20.1. The molecule has 0 saturated heterocycles. The molecule has 0 saturated carbocycles. The molecule has 3 rings (SSSR count). The average Bonchev–Trinajstić information content (AvgIpc) is 2.67. The number of rotatable bonds is 7. The van der Waals surface area contributed by atoms with E-state index < -0.39 is 10.0 Å². The normalized spacial score (nSPS) is 11.7. The van der Waals surface area contributed by atoms with E-state index in [2.05, 4.69) is 10.0 Å². The fourth-order valence-corrected chi connectivity index (χ4v) is 4.12. The van der Waals surface area contributed by atoms with E-state index in [1.807, 2.05) is 56.3 Å². The third-order valence-electron chi connectivity index (χ3n) is 4.36. The third-order valence-corrected chi connectivity index (χ3v) is 5.80. The summed E-state index contributed by atoms with van der Waals surface area (Å²) in [5.41, 5.74) is 1.51. The summed E-state index contributed by atoms with van der Waals surface area (Å²) in [6.45, 7) is 4.26. The van der Waals surface area contributed by atoms with Crippen molar-refractivity contribution in [1.29, 1.82) is 0 Å². The fraction of sp³-hybridized carbons (Fsp3) is 0.227. The Kier molecular flexibility index (Phi) is 6.11. The van der Waals surface area contributed by atoms with E-state index in [-0.39, 0.29) is 23.1 Å². The predicted molar refractivity (Wildman–Crippen MR) is 113 cm³/mol. The summed E-state index contributed by atoms with van der Waals surface area (Å²) in [5.74, 6) is 0.0762. The highest BCUT2D eigenvalue weighted by Crippen LogP contribution is 2.20. The molecule has 2 N–H and O–H groups in total. The molecule has 0 unspecified atom stereocenters. The summed E-state index contributed by atoms with van der Waals surface area (Å²) in [5, 5.41) is 4.98. The summed E-state index contributed by atoms with van der Waals surface area (Å²) in [6.07, 6.45) is 0.247. The van der Waals surface area contributed by atoms with Gasteiger partial charge < -0.3 is 5.32 Å². The maximum absolute atomic E-state index is 12.4. The van der Waals surface area contributed by atoms with Gasteiger partial charge in [0.1, 0.15) is 0 Å². The van der Waals surface area contributed by atoms with Gasteiger partial charge in [0.25, 0.3) is 0 Å². The maximum Gasteiger partial charge on any atom is 0.240 e. The first-order chi connectivity index (χ1) is 13.3. The first-order valence-corrected chi connectivity index (χ1v) is 10.7. The molecule has 0 spiro atoms. The van der Waals surface area contributed by atoms with Crippen molar-refractivity contribution in [2.75, 3.05) is 11.9 Å². The zero-order valence-electron chi connectivity index (χ0n) is 16.0. The molecule has 0 aliphatic carbocycles. The second-order valence-electron chi connectivity index (χ2n) is 7.13. The Morgan fingerprint density at radius 1 is 0.929 bits per heavy atom. The second-order valence-corrected chi connectivity index (χ2v) is 8.90. The maximum atomic E-state index is 12.4.